The molecule has 7 heteroatoms. The van der Waals surface area contributed by atoms with Crippen LogP contribution in [0.15, 0.2) is 18.2 Å². The van der Waals surface area contributed by atoms with Crippen molar-refractivity contribution in [3.05, 3.63) is 41.2 Å². The van der Waals surface area contributed by atoms with E-state index < -0.39 is 11.6 Å². The second-order valence-corrected chi connectivity index (χ2v) is 6.21. The van der Waals surface area contributed by atoms with Crippen LogP contribution in [0, 0.1) is 17.6 Å². The van der Waals surface area contributed by atoms with Crippen molar-refractivity contribution in [1.29, 1.82) is 0 Å². The molecule has 1 unspecified atom stereocenters. The maximum atomic E-state index is 13.9. The lowest BCUT2D eigenvalue weighted by atomic mass is 10.0. The number of H-pyrrole nitrogens is 1. The SMILES string of the molecule is O=C(C1CCOC1)N1CCc2nc(-c3ccc(F)cc3F)[nH]c2C1. The number of nitrogens with one attached hydrogen (secondary N) is 1. The zero-order valence-corrected chi connectivity index (χ0v) is 13.0. The van der Waals surface area contributed by atoms with Crippen LogP contribution < -0.4 is 0 Å². The predicted octanol–water partition coefficient (Wildman–Crippen LogP) is 2.28. The molecular formula is C17H17F2N3O2. The molecule has 0 spiro atoms. The fraction of sp³-hybridized carbons (Fsp3) is 0.412. The first-order valence-electron chi connectivity index (χ1n) is 8.01. The van der Waals surface area contributed by atoms with Gasteiger partial charge in [0.15, 0.2) is 0 Å². The maximum absolute atomic E-state index is 13.9. The van der Waals surface area contributed by atoms with Gasteiger partial charge < -0.3 is 14.6 Å². The third-order valence-electron chi connectivity index (χ3n) is 4.61. The second-order valence-electron chi connectivity index (χ2n) is 6.21. The summed E-state index contributed by atoms with van der Waals surface area (Å²) in [6, 6.07) is 3.41. The molecular weight excluding hydrogens is 316 g/mol. The highest BCUT2D eigenvalue weighted by molar-refractivity contribution is 5.79. The van der Waals surface area contributed by atoms with E-state index in [9.17, 15) is 13.6 Å². The van der Waals surface area contributed by atoms with E-state index in [1.165, 1.54) is 12.1 Å². The average molecular weight is 333 g/mol. The van der Waals surface area contributed by atoms with Gasteiger partial charge in [0.25, 0.3) is 0 Å². The Kier molecular flexibility index (Phi) is 3.80. The number of carbonyl (C=O) groups excluding carboxylic acids is 1. The summed E-state index contributed by atoms with van der Waals surface area (Å²) in [6.45, 7) is 2.14. The summed E-state index contributed by atoms with van der Waals surface area (Å²) in [6.07, 6.45) is 1.38. The molecule has 2 aromatic rings. The molecule has 1 fully saturated rings. The van der Waals surface area contributed by atoms with Crippen molar-refractivity contribution in [1.82, 2.24) is 14.9 Å². The lowest BCUT2D eigenvalue weighted by Gasteiger charge is -2.28. The summed E-state index contributed by atoms with van der Waals surface area (Å²) in [5.41, 5.74) is 1.88. The van der Waals surface area contributed by atoms with Gasteiger partial charge in [-0.3, -0.25) is 4.79 Å². The van der Waals surface area contributed by atoms with Gasteiger partial charge in [0.2, 0.25) is 5.91 Å². The molecule has 2 aliphatic heterocycles. The first-order chi connectivity index (χ1) is 11.6. The molecule has 1 aromatic carbocycles. The topological polar surface area (TPSA) is 58.2 Å². The minimum absolute atomic E-state index is 0.0662. The van der Waals surface area contributed by atoms with Crippen LogP contribution in [0.3, 0.4) is 0 Å². The predicted molar refractivity (Wildman–Crippen MR) is 82.0 cm³/mol. The lowest BCUT2D eigenvalue weighted by Crippen LogP contribution is -2.40. The number of aromatic nitrogens is 2. The number of fused-ring (bicyclic) bond motifs is 1. The van der Waals surface area contributed by atoms with Gasteiger partial charge in [0.05, 0.1) is 36.0 Å². The molecule has 24 heavy (non-hydrogen) atoms. The monoisotopic (exact) mass is 333 g/mol. The van der Waals surface area contributed by atoms with Crippen molar-refractivity contribution in [3.8, 4) is 11.4 Å². The van der Waals surface area contributed by atoms with Crippen molar-refractivity contribution in [2.75, 3.05) is 19.8 Å². The molecule has 1 amide bonds. The lowest BCUT2D eigenvalue weighted by molar-refractivity contribution is -0.136. The molecule has 0 saturated carbocycles. The minimum Gasteiger partial charge on any atom is -0.381 e. The number of carbonyl (C=O) groups is 1. The normalized spacial score (nSPS) is 20.2. The third-order valence-corrected chi connectivity index (χ3v) is 4.61. The van der Waals surface area contributed by atoms with Gasteiger partial charge in [-0.15, -0.1) is 0 Å². The van der Waals surface area contributed by atoms with Crippen molar-refractivity contribution >= 4 is 5.91 Å². The standard InChI is InChI=1S/C17H17F2N3O2/c18-11-1-2-12(13(19)7-11)16-20-14-3-5-22(8-15(14)21-16)17(23)10-4-6-24-9-10/h1-2,7,10H,3-6,8-9H2,(H,20,21). The number of halogens is 2. The van der Waals surface area contributed by atoms with E-state index in [1.807, 2.05) is 0 Å². The number of rotatable bonds is 2. The summed E-state index contributed by atoms with van der Waals surface area (Å²) in [4.78, 5) is 21.8. The highest BCUT2D eigenvalue weighted by Gasteiger charge is 2.31. The quantitative estimate of drug-likeness (QED) is 0.917. The molecule has 2 aliphatic rings. The largest absolute Gasteiger partial charge is 0.381 e. The molecule has 0 aliphatic carbocycles. The highest BCUT2D eigenvalue weighted by atomic mass is 19.1. The molecule has 0 radical (unpaired) electrons. The Morgan fingerprint density at radius 1 is 1.38 bits per heavy atom. The molecule has 1 saturated heterocycles. The molecule has 1 N–H and O–H groups in total. The highest BCUT2D eigenvalue weighted by Crippen LogP contribution is 2.26. The summed E-state index contributed by atoms with van der Waals surface area (Å²) >= 11 is 0. The Balaban J connectivity index is 1.56. The number of hydrogen-bond donors (Lipinski definition) is 1. The Bertz CT molecular complexity index is 784. The van der Waals surface area contributed by atoms with Crippen LogP contribution in [-0.4, -0.2) is 40.5 Å². The summed E-state index contributed by atoms with van der Waals surface area (Å²) in [5.74, 6) is -0.873. The molecule has 3 heterocycles. The number of amides is 1. The van der Waals surface area contributed by atoms with E-state index in [1.54, 1.807) is 4.90 Å². The van der Waals surface area contributed by atoms with Crippen molar-refractivity contribution in [2.45, 2.75) is 19.4 Å². The fourth-order valence-electron chi connectivity index (χ4n) is 3.28. The van der Waals surface area contributed by atoms with E-state index >= 15 is 0 Å². The van der Waals surface area contributed by atoms with Gasteiger partial charge >= 0.3 is 0 Å². The van der Waals surface area contributed by atoms with Crippen LogP contribution in [-0.2, 0) is 22.5 Å². The van der Waals surface area contributed by atoms with E-state index in [4.69, 9.17) is 4.74 Å². The summed E-state index contributed by atoms with van der Waals surface area (Å²) in [5, 5.41) is 0. The van der Waals surface area contributed by atoms with Crippen LogP contribution in [0.5, 0.6) is 0 Å². The van der Waals surface area contributed by atoms with Crippen molar-refractivity contribution in [2.24, 2.45) is 5.92 Å². The van der Waals surface area contributed by atoms with Gasteiger partial charge in [-0.1, -0.05) is 0 Å². The van der Waals surface area contributed by atoms with Gasteiger partial charge in [-0.2, -0.15) is 0 Å². The summed E-state index contributed by atoms with van der Waals surface area (Å²) < 4.78 is 32.3. The minimum atomic E-state index is -0.655. The van der Waals surface area contributed by atoms with Crippen molar-refractivity contribution < 1.29 is 18.3 Å². The third kappa shape index (κ3) is 2.69. The van der Waals surface area contributed by atoms with E-state index in [0.29, 0.717) is 38.5 Å². The molecule has 1 atom stereocenters. The zero-order chi connectivity index (χ0) is 16.7. The molecule has 0 bridgehead atoms. The number of benzene rings is 1. The van der Waals surface area contributed by atoms with Crippen LogP contribution in [0.4, 0.5) is 8.78 Å². The van der Waals surface area contributed by atoms with Gasteiger partial charge in [-0.25, -0.2) is 13.8 Å². The van der Waals surface area contributed by atoms with Crippen LogP contribution >= 0.6 is 0 Å². The first-order valence-corrected chi connectivity index (χ1v) is 8.01. The maximum Gasteiger partial charge on any atom is 0.228 e. The average Bonchev–Trinajstić information content (AvgIpc) is 3.23. The van der Waals surface area contributed by atoms with Crippen LogP contribution in [0.2, 0.25) is 0 Å². The van der Waals surface area contributed by atoms with E-state index in [0.717, 1.165) is 23.9 Å². The van der Waals surface area contributed by atoms with Gasteiger partial charge in [0, 0.05) is 25.6 Å². The number of nitrogens with zero attached hydrogens (tertiary/aromatic N) is 2. The number of hydrogen-bond acceptors (Lipinski definition) is 3. The number of ether oxygens (including phenoxy) is 1. The van der Waals surface area contributed by atoms with E-state index in [-0.39, 0.29) is 17.4 Å². The van der Waals surface area contributed by atoms with Crippen LogP contribution in [0.1, 0.15) is 17.8 Å². The fourth-order valence-corrected chi connectivity index (χ4v) is 3.28. The number of imidazole rings is 1. The Hall–Kier alpha value is -2.28. The summed E-state index contributed by atoms with van der Waals surface area (Å²) in [7, 11) is 0. The molecule has 1 aromatic heterocycles. The first kappa shape index (κ1) is 15.3. The van der Waals surface area contributed by atoms with Gasteiger partial charge in [0.1, 0.15) is 17.5 Å². The Morgan fingerprint density at radius 2 is 2.25 bits per heavy atom. The van der Waals surface area contributed by atoms with Gasteiger partial charge in [-0.05, 0) is 18.6 Å². The smallest absolute Gasteiger partial charge is 0.228 e. The molecule has 5 nitrogen and oxygen atoms in total. The zero-order valence-electron chi connectivity index (χ0n) is 13.0. The Labute approximate surface area is 137 Å². The van der Waals surface area contributed by atoms with Crippen molar-refractivity contribution in [3.63, 3.8) is 0 Å². The van der Waals surface area contributed by atoms with E-state index in [2.05, 4.69) is 9.97 Å². The molecule has 126 valence electrons. The number of aromatic amines is 1. The van der Waals surface area contributed by atoms with Crippen LogP contribution in [0.25, 0.3) is 11.4 Å². The second kappa shape index (κ2) is 5.98. The molecule has 4 rings (SSSR count). The Morgan fingerprint density at radius 3 is 3.00 bits per heavy atom.